The maximum atomic E-state index is 11.8. The molecule has 1 aliphatic heterocycles. The number of nitrogens with zero attached hydrogens (tertiary/aromatic N) is 4. The first-order valence-corrected chi connectivity index (χ1v) is 9.09. The summed E-state index contributed by atoms with van der Waals surface area (Å²) in [7, 11) is 0. The van der Waals surface area contributed by atoms with Crippen molar-refractivity contribution in [1.82, 2.24) is 15.1 Å². The van der Waals surface area contributed by atoms with E-state index in [0.717, 1.165) is 31.3 Å². The number of rotatable bonds is 3. The number of hydrogen-bond acceptors (Lipinski definition) is 5. The van der Waals surface area contributed by atoms with E-state index in [4.69, 9.17) is 0 Å². The third-order valence-electron chi connectivity index (χ3n) is 4.56. The molecule has 3 rings (SSSR count). The molecule has 22 heavy (non-hydrogen) atoms. The number of aromatic nitrogens is 2. The first kappa shape index (κ1) is 15.5. The number of allylic oxidation sites excluding steroid dienone is 1. The number of amides is 1. The fraction of sp³-hybridized carbons (Fsp3) is 0.688. The third-order valence-corrected chi connectivity index (χ3v) is 5.70. The first-order chi connectivity index (χ1) is 10.8. The molecule has 120 valence electrons. The van der Waals surface area contributed by atoms with E-state index in [1.807, 2.05) is 11.8 Å². The van der Waals surface area contributed by atoms with Crippen molar-refractivity contribution in [2.24, 2.45) is 0 Å². The van der Waals surface area contributed by atoms with Gasteiger partial charge in [-0.2, -0.15) is 0 Å². The van der Waals surface area contributed by atoms with Gasteiger partial charge in [0.05, 0.1) is 0 Å². The summed E-state index contributed by atoms with van der Waals surface area (Å²) < 4.78 is 0. The summed E-state index contributed by atoms with van der Waals surface area (Å²) >= 11 is 1.75. The molecule has 2 heterocycles. The Bertz CT molecular complexity index is 528. The van der Waals surface area contributed by atoms with Crippen LogP contribution < -0.4 is 4.90 Å². The quantitative estimate of drug-likeness (QED) is 0.804. The number of piperazine rings is 1. The molecule has 1 aromatic heterocycles. The molecular weight excluding hydrogens is 296 g/mol. The molecule has 0 spiro atoms. The predicted octanol–water partition coefficient (Wildman–Crippen LogP) is 2.81. The lowest BCUT2D eigenvalue weighted by Crippen LogP contribution is -2.48. The van der Waals surface area contributed by atoms with Crippen LogP contribution in [0, 0.1) is 0 Å². The topological polar surface area (TPSA) is 49.3 Å². The van der Waals surface area contributed by atoms with Crippen molar-refractivity contribution >= 4 is 22.4 Å². The van der Waals surface area contributed by atoms with Crippen LogP contribution in [0.2, 0.25) is 0 Å². The maximum absolute atomic E-state index is 11.8. The summed E-state index contributed by atoms with van der Waals surface area (Å²) in [5.41, 5.74) is 0. The van der Waals surface area contributed by atoms with Crippen molar-refractivity contribution in [3.05, 3.63) is 17.2 Å². The van der Waals surface area contributed by atoms with E-state index >= 15 is 0 Å². The van der Waals surface area contributed by atoms with Gasteiger partial charge in [-0.1, -0.05) is 36.7 Å². The fourth-order valence-electron chi connectivity index (χ4n) is 3.23. The predicted molar refractivity (Wildman–Crippen MR) is 89.3 cm³/mol. The number of carbonyl (C=O) groups is 1. The van der Waals surface area contributed by atoms with Crippen LogP contribution in [0.15, 0.2) is 12.2 Å². The van der Waals surface area contributed by atoms with E-state index in [-0.39, 0.29) is 5.91 Å². The average Bonchev–Trinajstić information content (AvgIpc) is 3.06. The summed E-state index contributed by atoms with van der Waals surface area (Å²) in [4.78, 5) is 16.0. The summed E-state index contributed by atoms with van der Waals surface area (Å²) in [6.45, 7) is 5.11. The van der Waals surface area contributed by atoms with Gasteiger partial charge in [-0.15, -0.1) is 10.2 Å². The lowest BCUT2D eigenvalue weighted by Gasteiger charge is -2.33. The summed E-state index contributed by atoms with van der Waals surface area (Å²) in [5.74, 6) is 0.736. The Morgan fingerprint density at radius 3 is 2.55 bits per heavy atom. The second-order valence-corrected chi connectivity index (χ2v) is 7.06. The SMILES string of the molecule is C/C=C/C(=O)N1CCN(c2nnc(C3CCCCC3)s2)CC1. The van der Waals surface area contributed by atoms with Crippen LogP contribution in [0.3, 0.4) is 0 Å². The molecule has 0 radical (unpaired) electrons. The molecule has 0 bridgehead atoms. The Hall–Kier alpha value is -1.43. The van der Waals surface area contributed by atoms with E-state index in [9.17, 15) is 4.79 Å². The molecule has 0 atom stereocenters. The average molecular weight is 320 g/mol. The van der Waals surface area contributed by atoms with Gasteiger partial charge >= 0.3 is 0 Å². The lowest BCUT2D eigenvalue weighted by atomic mass is 9.90. The maximum Gasteiger partial charge on any atom is 0.246 e. The zero-order chi connectivity index (χ0) is 15.4. The lowest BCUT2D eigenvalue weighted by molar-refractivity contribution is -0.126. The largest absolute Gasteiger partial charge is 0.343 e. The van der Waals surface area contributed by atoms with Crippen LogP contribution in [0.5, 0.6) is 0 Å². The van der Waals surface area contributed by atoms with Crippen molar-refractivity contribution in [3.63, 3.8) is 0 Å². The minimum atomic E-state index is 0.113. The Morgan fingerprint density at radius 1 is 1.14 bits per heavy atom. The van der Waals surface area contributed by atoms with Crippen molar-refractivity contribution in [2.45, 2.75) is 44.9 Å². The second kappa shape index (κ2) is 7.22. The Balaban J connectivity index is 1.57. The summed E-state index contributed by atoms with van der Waals surface area (Å²) in [5, 5.41) is 11.1. The molecule has 1 aromatic rings. The fourth-order valence-corrected chi connectivity index (χ4v) is 4.30. The second-order valence-electron chi connectivity index (χ2n) is 6.07. The molecule has 0 aromatic carbocycles. The molecule has 2 aliphatic rings. The van der Waals surface area contributed by atoms with Gasteiger partial charge < -0.3 is 9.80 Å². The molecular formula is C16H24N4OS. The molecule has 1 amide bonds. The van der Waals surface area contributed by atoms with Gasteiger partial charge in [0, 0.05) is 32.1 Å². The highest BCUT2D eigenvalue weighted by molar-refractivity contribution is 7.15. The highest BCUT2D eigenvalue weighted by atomic mass is 32.1. The van der Waals surface area contributed by atoms with Crippen LogP contribution in [-0.2, 0) is 4.79 Å². The van der Waals surface area contributed by atoms with Crippen LogP contribution in [-0.4, -0.2) is 47.2 Å². The van der Waals surface area contributed by atoms with Crippen LogP contribution in [0.4, 0.5) is 5.13 Å². The van der Waals surface area contributed by atoms with Gasteiger partial charge in [-0.25, -0.2) is 0 Å². The van der Waals surface area contributed by atoms with Gasteiger partial charge in [0.15, 0.2) is 0 Å². The Kier molecular flexibility index (Phi) is 5.08. The monoisotopic (exact) mass is 320 g/mol. The van der Waals surface area contributed by atoms with Gasteiger partial charge in [0.25, 0.3) is 0 Å². The van der Waals surface area contributed by atoms with Gasteiger partial charge in [-0.05, 0) is 25.8 Å². The molecule has 2 fully saturated rings. The highest BCUT2D eigenvalue weighted by Gasteiger charge is 2.24. The Morgan fingerprint density at radius 2 is 1.86 bits per heavy atom. The van der Waals surface area contributed by atoms with E-state index in [1.165, 1.54) is 37.1 Å². The first-order valence-electron chi connectivity index (χ1n) is 8.28. The Labute approximate surface area is 136 Å². The van der Waals surface area contributed by atoms with Crippen molar-refractivity contribution < 1.29 is 4.79 Å². The molecule has 0 unspecified atom stereocenters. The summed E-state index contributed by atoms with van der Waals surface area (Å²) in [6, 6.07) is 0. The van der Waals surface area contributed by atoms with E-state index < -0.39 is 0 Å². The highest BCUT2D eigenvalue weighted by Crippen LogP contribution is 2.36. The molecule has 1 aliphatic carbocycles. The van der Waals surface area contributed by atoms with Crippen molar-refractivity contribution in [3.8, 4) is 0 Å². The third kappa shape index (κ3) is 3.48. The van der Waals surface area contributed by atoms with Crippen molar-refractivity contribution in [1.29, 1.82) is 0 Å². The smallest absolute Gasteiger partial charge is 0.246 e. The van der Waals surface area contributed by atoms with Gasteiger partial charge in [-0.3, -0.25) is 4.79 Å². The van der Waals surface area contributed by atoms with Crippen LogP contribution in [0.25, 0.3) is 0 Å². The van der Waals surface area contributed by atoms with Crippen LogP contribution in [0.1, 0.15) is 50.0 Å². The van der Waals surface area contributed by atoms with Gasteiger partial charge in [0.2, 0.25) is 11.0 Å². The number of hydrogen-bond donors (Lipinski definition) is 0. The number of carbonyl (C=O) groups excluding carboxylic acids is 1. The standard InChI is InChI=1S/C16H24N4OS/c1-2-6-14(21)19-9-11-20(12-10-19)16-18-17-15(22-16)13-7-4-3-5-8-13/h2,6,13H,3-5,7-12H2,1H3/b6-2+. The number of anilines is 1. The zero-order valence-corrected chi connectivity index (χ0v) is 14.0. The molecule has 0 N–H and O–H groups in total. The molecule has 5 nitrogen and oxygen atoms in total. The van der Waals surface area contributed by atoms with E-state index in [2.05, 4.69) is 15.1 Å². The van der Waals surface area contributed by atoms with Crippen molar-refractivity contribution in [2.75, 3.05) is 31.1 Å². The summed E-state index contributed by atoms with van der Waals surface area (Å²) in [6.07, 6.45) is 9.99. The van der Waals surface area contributed by atoms with E-state index in [0.29, 0.717) is 5.92 Å². The van der Waals surface area contributed by atoms with E-state index in [1.54, 1.807) is 23.5 Å². The zero-order valence-electron chi connectivity index (χ0n) is 13.2. The van der Waals surface area contributed by atoms with Gasteiger partial charge in [0.1, 0.15) is 5.01 Å². The molecule has 1 saturated carbocycles. The molecule has 6 heteroatoms. The van der Waals surface area contributed by atoms with Crippen LogP contribution >= 0.6 is 11.3 Å². The normalized spacial score (nSPS) is 20.8. The minimum absolute atomic E-state index is 0.113. The minimum Gasteiger partial charge on any atom is -0.343 e. The molecule has 1 saturated heterocycles.